The van der Waals surface area contributed by atoms with Crippen LogP contribution in [-0.2, 0) is 0 Å². The van der Waals surface area contributed by atoms with Gasteiger partial charge in [-0.05, 0) is 6.42 Å². The number of carboxylic acids is 1. The van der Waals surface area contributed by atoms with E-state index in [1.807, 2.05) is 0 Å². The fourth-order valence-electron chi connectivity index (χ4n) is 1.24. The molecule has 0 atom stereocenters. The number of hydrogen-bond donors (Lipinski definition) is 0. The maximum atomic E-state index is 13.3. The summed E-state index contributed by atoms with van der Waals surface area (Å²) in [7, 11) is 0. The molecule has 0 saturated heterocycles. The zero-order valence-electron chi connectivity index (χ0n) is 9.36. The predicted octanol–water partition coefficient (Wildman–Crippen LogP) is 1.79. The number of aromatic carboxylic acids is 1. The van der Waals surface area contributed by atoms with Crippen molar-refractivity contribution < 1.29 is 32.2 Å². The minimum atomic E-state index is -2.34. The van der Waals surface area contributed by atoms with Gasteiger partial charge in [0.1, 0.15) is 0 Å². The largest absolute Gasteiger partial charge is 0.545 e. The predicted molar refractivity (Wildman–Crippen MR) is 51.0 cm³/mol. The molecular weight excluding hydrogens is 256 g/mol. The van der Waals surface area contributed by atoms with Crippen molar-refractivity contribution in [3.8, 4) is 5.75 Å². The number of hydrogen-bond acceptors (Lipinski definition) is 3. The molecule has 0 spiro atoms. The van der Waals surface area contributed by atoms with Gasteiger partial charge in [-0.1, -0.05) is 13.3 Å². The summed E-state index contributed by atoms with van der Waals surface area (Å²) < 4.78 is 57.5. The number of carboxylic acid groups (broad SMARTS) is 1. The molecule has 0 aliphatic rings. The van der Waals surface area contributed by atoms with E-state index in [1.165, 1.54) is 0 Å². The van der Waals surface area contributed by atoms with Crippen LogP contribution in [0.1, 0.15) is 30.1 Å². The van der Waals surface area contributed by atoms with Crippen molar-refractivity contribution in [3.63, 3.8) is 0 Å². The minimum absolute atomic E-state index is 0.145. The van der Waals surface area contributed by atoms with Gasteiger partial charge >= 0.3 is 0 Å². The van der Waals surface area contributed by atoms with Gasteiger partial charge in [-0.3, -0.25) is 0 Å². The van der Waals surface area contributed by atoms with Crippen LogP contribution in [0.5, 0.6) is 5.75 Å². The molecule has 18 heavy (non-hydrogen) atoms. The third kappa shape index (κ3) is 2.55. The molecule has 0 unspecified atom stereocenters. The van der Waals surface area contributed by atoms with Gasteiger partial charge in [0, 0.05) is 0 Å². The molecule has 0 heterocycles. The number of carbonyl (C=O) groups excluding carboxylic acids is 1. The fraction of sp³-hybridized carbons (Fsp3) is 0.364. The molecule has 7 heteroatoms. The van der Waals surface area contributed by atoms with Gasteiger partial charge in [0.15, 0.2) is 17.4 Å². The summed E-state index contributed by atoms with van der Waals surface area (Å²) >= 11 is 0. The van der Waals surface area contributed by atoms with Crippen LogP contribution >= 0.6 is 0 Å². The second kappa shape index (κ2) is 5.70. The number of rotatable bonds is 5. The van der Waals surface area contributed by atoms with E-state index in [1.54, 1.807) is 6.92 Å². The highest BCUT2D eigenvalue weighted by Crippen LogP contribution is 2.29. The lowest BCUT2D eigenvalue weighted by atomic mass is 10.1. The average Bonchev–Trinajstić information content (AvgIpc) is 2.31. The Hall–Kier alpha value is -1.79. The van der Waals surface area contributed by atoms with Gasteiger partial charge in [0.25, 0.3) is 0 Å². The lowest BCUT2D eigenvalue weighted by Crippen LogP contribution is -2.26. The lowest BCUT2D eigenvalue weighted by Gasteiger charge is -2.13. The maximum absolute atomic E-state index is 13.3. The van der Waals surface area contributed by atoms with Gasteiger partial charge in [-0.25, -0.2) is 8.78 Å². The second-order valence-electron chi connectivity index (χ2n) is 3.45. The van der Waals surface area contributed by atoms with E-state index >= 15 is 0 Å². The van der Waals surface area contributed by atoms with E-state index in [2.05, 4.69) is 4.74 Å². The van der Waals surface area contributed by atoms with E-state index < -0.39 is 40.6 Å². The van der Waals surface area contributed by atoms with Gasteiger partial charge in [-0.15, -0.1) is 0 Å². The highest BCUT2D eigenvalue weighted by Gasteiger charge is 2.27. The summed E-state index contributed by atoms with van der Waals surface area (Å²) in [5, 5.41) is 10.4. The van der Waals surface area contributed by atoms with Crippen molar-refractivity contribution >= 4 is 5.97 Å². The van der Waals surface area contributed by atoms with Crippen LogP contribution in [0.25, 0.3) is 0 Å². The quantitative estimate of drug-likeness (QED) is 0.463. The highest BCUT2D eigenvalue weighted by molar-refractivity contribution is 5.86. The van der Waals surface area contributed by atoms with Crippen LogP contribution in [0.4, 0.5) is 17.6 Å². The molecule has 0 aliphatic heterocycles. The highest BCUT2D eigenvalue weighted by atomic mass is 19.2. The minimum Gasteiger partial charge on any atom is -0.545 e. The Morgan fingerprint density at radius 2 is 1.61 bits per heavy atom. The van der Waals surface area contributed by atoms with Crippen LogP contribution in [0.2, 0.25) is 0 Å². The summed E-state index contributed by atoms with van der Waals surface area (Å²) in [6.07, 6.45) is 1.07. The zero-order chi connectivity index (χ0) is 13.9. The standard InChI is InChI=1S/C11H10F4O3/c1-2-3-4-18-10-8(14)6(12)5(11(16)17)7(13)9(10)15/h2-4H2,1H3,(H,16,17)/p-1. The molecule has 0 radical (unpaired) electrons. The first kappa shape index (κ1) is 14.3. The summed E-state index contributed by atoms with van der Waals surface area (Å²) in [6, 6.07) is 0. The van der Waals surface area contributed by atoms with E-state index in [0.717, 1.165) is 0 Å². The van der Waals surface area contributed by atoms with Gasteiger partial charge in [0.2, 0.25) is 11.6 Å². The Labute approximate surface area is 100.0 Å². The molecule has 0 aliphatic carbocycles. The van der Waals surface area contributed by atoms with E-state index in [0.29, 0.717) is 12.8 Å². The van der Waals surface area contributed by atoms with E-state index in [9.17, 15) is 27.5 Å². The van der Waals surface area contributed by atoms with Crippen LogP contribution in [-0.4, -0.2) is 12.6 Å². The van der Waals surface area contributed by atoms with E-state index in [4.69, 9.17) is 0 Å². The number of benzene rings is 1. The van der Waals surface area contributed by atoms with Crippen molar-refractivity contribution in [1.29, 1.82) is 0 Å². The molecule has 100 valence electrons. The first-order chi connectivity index (χ1) is 8.41. The van der Waals surface area contributed by atoms with Gasteiger partial charge in [0.05, 0.1) is 18.1 Å². The smallest absolute Gasteiger partial charge is 0.204 e. The van der Waals surface area contributed by atoms with Gasteiger partial charge in [-0.2, -0.15) is 8.78 Å². The second-order valence-corrected chi connectivity index (χ2v) is 3.45. The van der Waals surface area contributed by atoms with Crippen molar-refractivity contribution in [2.45, 2.75) is 19.8 Å². The molecule has 0 bridgehead atoms. The Balaban J connectivity index is 3.26. The molecule has 0 fully saturated rings. The first-order valence-electron chi connectivity index (χ1n) is 5.11. The summed E-state index contributed by atoms with van der Waals surface area (Å²) in [5.74, 6) is -11.5. The molecule has 0 aromatic heterocycles. The van der Waals surface area contributed by atoms with E-state index in [-0.39, 0.29) is 6.61 Å². The van der Waals surface area contributed by atoms with Crippen LogP contribution in [0, 0.1) is 23.3 Å². The molecular formula is C11H9F4O3-. The number of unbranched alkanes of at least 4 members (excludes halogenated alkanes) is 1. The topological polar surface area (TPSA) is 49.4 Å². The molecule has 0 amide bonds. The lowest BCUT2D eigenvalue weighted by molar-refractivity contribution is -0.255. The molecule has 1 rings (SSSR count). The monoisotopic (exact) mass is 265 g/mol. The van der Waals surface area contributed by atoms with Gasteiger partial charge < -0.3 is 14.6 Å². The summed E-state index contributed by atoms with van der Waals surface area (Å²) in [4.78, 5) is 10.4. The van der Waals surface area contributed by atoms with Crippen molar-refractivity contribution in [1.82, 2.24) is 0 Å². The van der Waals surface area contributed by atoms with Crippen molar-refractivity contribution in [2.24, 2.45) is 0 Å². The summed E-state index contributed by atoms with van der Waals surface area (Å²) in [6.45, 7) is 1.63. The van der Waals surface area contributed by atoms with Crippen LogP contribution in [0.3, 0.4) is 0 Å². The summed E-state index contributed by atoms with van der Waals surface area (Å²) in [5.41, 5.74) is -1.78. The Morgan fingerprint density at radius 3 is 2.00 bits per heavy atom. The third-order valence-electron chi connectivity index (χ3n) is 2.17. The number of halogens is 4. The van der Waals surface area contributed by atoms with Crippen LogP contribution < -0.4 is 9.84 Å². The number of ether oxygens (including phenoxy) is 1. The molecule has 1 aromatic carbocycles. The molecule has 0 saturated carbocycles. The Bertz CT molecular complexity index is 445. The average molecular weight is 265 g/mol. The third-order valence-corrected chi connectivity index (χ3v) is 2.17. The molecule has 0 N–H and O–H groups in total. The first-order valence-corrected chi connectivity index (χ1v) is 5.11. The van der Waals surface area contributed by atoms with Crippen molar-refractivity contribution in [3.05, 3.63) is 28.8 Å². The fourth-order valence-corrected chi connectivity index (χ4v) is 1.24. The normalized spacial score (nSPS) is 10.5. The molecule has 1 aromatic rings. The maximum Gasteiger partial charge on any atom is 0.204 e. The Morgan fingerprint density at radius 1 is 1.11 bits per heavy atom. The Kier molecular flexibility index (Phi) is 4.52. The molecule has 3 nitrogen and oxygen atoms in total. The number of carbonyl (C=O) groups is 1. The van der Waals surface area contributed by atoms with Crippen molar-refractivity contribution in [2.75, 3.05) is 6.61 Å². The SMILES string of the molecule is CCCCOc1c(F)c(F)c(C(=O)[O-])c(F)c1F. The zero-order valence-corrected chi connectivity index (χ0v) is 9.36. The van der Waals surface area contributed by atoms with Crippen LogP contribution in [0.15, 0.2) is 0 Å².